The van der Waals surface area contributed by atoms with Gasteiger partial charge in [0, 0.05) is 64.4 Å². The van der Waals surface area contributed by atoms with Gasteiger partial charge in [-0.05, 0) is 47.4 Å². The molecule has 0 N–H and O–H groups in total. The normalized spacial score (nSPS) is 25.0. The molecule has 5 aliphatic rings. The summed E-state index contributed by atoms with van der Waals surface area (Å²) in [5.74, 6) is 2.26. The molecule has 0 aromatic heterocycles. The van der Waals surface area contributed by atoms with Gasteiger partial charge in [0.1, 0.15) is 24.6 Å². The molecule has 0 atom stereocenters. The maximum Gasteiger partial charge on any atom is 0.211 e. The number of ether oxygens (including phenoxy) is 1. The third-order valence-electron chi connectivity index (χ3n) is 10.5. The van der Waals surface area contributed by atoms with E-state index in [1.54, 1.807) is 0 Å². The van der Waals surface area contributed by atoms with Crippen molar-refractivity contribution in [1.82, 2.24) is 4.58 Å². The van der Waals surface area contributed by atoms with E-state index in [0.717, 1.165) is 37.7 Å². The van der Waals surface area contributed by atoms with Gasteiger partial charge in [-0.15, -0.1) is 0 Å². The first-order valence-corrected chi connectivity index (χ1v) is 14.3. The molecule has 3 heteroatoms. The van der Waals surface area contributed by atoms with Gasteiger partial charge in [0.2, 0.25) is 5.36 Å². The van der Waals surface area contributed by atoms with Crippen LogP contribution in [0.15, 0.2) is 12.1 Å². The van der Waals surface area contributed by atoms with Gasteiger partial charge in [-0.25, -0.2) is 4.58 Å². The van der Waals surface area contributed by atoms with Crippen LogP contribution in [0.4, 0.5) is 5.69 Å². The van der Waals surface area contributed by atoms with Crippen LogP contribution < -0.4 is 24.8 Å². The van der Waals surface area contributed by atoms with Crippen molar-refractivity contribution in [3.05, 3.63) is 50.5 Å². The summed E-state index contributed by atoms with van der Waals surface area (Å²) in [6.45, 7) is 24.1. The number of nitrogens with zero attached hydrogens (tertiary/aromatic N) is 2. The molecule has 7 rings (SSSR count). The second-order valence-electron chi connectivity index (χ2n) is 14.9. The molecule has 0 amide bonds. The van der Waals surface area contributed by atoms with Gasteiger partial charge in [-0.1, -0.05) is 55.4 Å². The lowest BCUT2D eigenvalue weighted by Crippen LogP contribution is -2.54. The van der Waals surface area contributed by atoms with Gasteiger partial charge in [0.05, 0.1) is 5.56 Å². The fourth-order valence-electron chi connectivity index (χ4n) is 7.85. The standard InChI is InChI=1S/C33H43N2O/c1-30(2)9-13-34-15-11-32(5,6)24-26(34)22(30)18-20-17-21-19-23-27-25(29(21)36-28(20)24)33(7,8)12-16-35(27)14-10-31(23,3)4/h17-19H,9-16H2,1-8H3/q+1. The van der Waals surface area contributed by atoms with Gasteiger partial charge >= 0.3 is 0 Å². The Bertz CT molecular complexity index is 1460. The Morgan fingerprint density at radius 1 is 0.694 bits per heavy atom. The molecule has 3 nitrogen and oxygen atoms in total. The Morgan fingerprint density at radius 3 is 2.03 bits per heavy atom. The van der Waals surface area contributed by atoms with Crippen molar-refractivity contribution in [1.29, 1.82) is 0 Å². The molecule has 0 fully saturated rings. The van der Waals surface area contributed by atoms with E-state index in [0.29, 0.717) is 0 Å². The minimum atomic E-state index is 0.0969. The second kappa shape index (κ2) is 6.77. The Labute approximate surface area is 216 Å². The number of hydrogen-bond acceptors (Lipinski definition) is 2. The third kappa shape index (κ3) is 2.89. The highest BCUT2D eigenvalue weighted by Gasteiger charge is 2.46. The van der Waals surface area contributed by atoms with Crippen LogP contribution in [0, 0.1) is 0 Å². The van der Waals surface area contributed by atoms with Gasteiger partial charge in [-0.3, -0.25) is 0 Å². The van der Waals surface area contributed by atoms with Crippen LogP contribution >= 0.6 is 0 Å². The average Bonchev–Trinajstić information content (AvgIpc) is 2.79. The molecule has 0 aliphatic carbocycles. The number of hydrogen-bond donors (Lipinski definition) is 0. The van der Waals surface area contributed by atoms with Crippen LogP contribution in [0.5, 0.6) is 11.5 Å². The molecule has 5 heterocycles. The maximum atomic E-state index is 7.24. The molecule has 0 spiro atoms. The summed E-state index contributed by atoms with van der Waals surface area (Å²) in [5.41, 5.74) is 9.26. The van der Waals surface area contributed by atoms with E-state index in [-0.39, 0.29) is 21.7 Å². The van der Waals surface area contributed by atoms with E-state index in [4.69, 9.17) is 4.74 Å². The molecule has 0 saturated heterocycles. The minimum Gasteiger partial charge on any atom is -0.455 e. The lowest BCUT2D eigenvalue weighted by molar-refractivity contribution is 0.317. The molecule has 190 valence electrons. The summed E-state index contributed by atoms with van der Waals surface area (Å²) >= 11 is 0. The predicted octanol–water partition coefficient (Wildman–Crippen LogP) is 5.64. The van der Waals surface area contributed by atoms with Crippen molar-refractivity contribution in [2.75, 3.05) is 31.1 Å². The quantitative estimate of drug-likeness (QED) is 0.384. The first-order valence-electron chi connectivity index (χ1n) is 14.3. The first kappa shape index (κ1) is 22.9. The van der Waals surface area contributed by atoms with E-state index in [9.17, 15) is 0 Å². The van der Waals surface area contributed by atoms with Crippen molar-refractivity contribution >= 4 is 11.8 Å². The highest BCUT2D eigenvalue weighted by molar-refractivity contribution is 5.79. The summed E-state index contributed by atoms with van der Waals surface area (Å²) in [5, 5.41) is 2.76. The summed E-state index contributed by atoms with van der Waals surface area (Å²) < 4.78 is 9.90. The zero-order valence-electron chi connectivity index (χ0n) is 23.7. The molecule has 2 aromatic rings. The number of fused-ring (bicyclic) bond motifs is 4. The zero-order chi connectivity index (χ0) is 25.4. The monoisotopic (exact) mass is 483 g/mol. The van der Waals surface area contributed by atoms with Crippen molar-refractivity contribution < 1.29 is 4.74 Å². The van der Waals surface area contributed by atoms with Crippen LogP contribution in [0.25, 0.3) is 6.08 Å². The van der Waals surface area contributed by atoms with Crippen LogP contribution in [0.1, 0.15) is 109 Å². The smallest absolute Gasteiger partial charge is 0.211 e. The van der Waals surface area contributed by atoms with Gasteiger partial charge in [0.15, 0.2) is 0 Å². The highest BCUT2D eigenvalue weighted by Crippen LogP contribution is 2.55. The summed E-state index contributed by atoms with van der Waals surface area (Å²) in [7, 11) is 0. The minimum absolute atomic E-state index is 0.0969. The van der Waals surface area contributed by atoms with Gasteiger partial charge < -0.3 is 9.64 Å². The Balaban J connectivity index is 1.60. The van der Waals surface area contributed by atoms with E-state index in [1.165, 1.54) is 69.8 Å². The van der Waals surface area contributed by atoms with E-state index >= 15 is 0 Å². The molecular formula is C33H43N2O+. The molecule has 36 heavy (non-hydrogen) atoms. The number of anilines is 1. The Kier molecular flexibility index (Phi) is 4.30. The highest BCUT2D eigenvalue weighted by atomic mass is 16.5. The van der Waals surface area contributed by atoms with E-state index < -0.39 is 0 Å². The molecule has 5 aliphatic heterocycles. The van der Waals surface area contributed by atoms with Crippen molar-refractivity contribution in [3.63, 3.8) is 0 Å². The summed E-state index contributed by atoms with van der Waals surface area (Å²) in [6.07, 6.45) is 7.26. The SMILES string of the molecule is CC1(C)CCN2CCC(C)(C)c3c4c(cc1c32)C=c1cc2c3c(c1O4)C(C)(C)CC[N+]=3CCC2(C)C. The first-order chi connectivity index (χ1) is 16.8. The maximum absolute atomic E-state index is 7.24. The topological polar surface area (TPSA) is 15.5 Å². The lowest BCUT2D eigenvalue weighted by atomic mass is 9.68. The molecule has 0 bridgehead atoms. The van der Waals surface area contributed by atoms with E-state index in [2.05, 4.69) is 83.1 Å². The zero-order valence-corrected chi connectivity index (χ0v) is 23.7. The van der Waals surface area contributed by atoms with Crippen molar-refractivity contribution in [2.24, 2.45) is 0 Å². The fourth-order valence-corrected chi connectivity index (χ4v) is 7.85. The third-order valence-corrected chi connectivity index (χ3v) is 10.5. The van der Waals surface area contributed by atoms with Gasteiger partial charge in [0.25, 0.3) is 0 Å². The Hall–Kier alpha value is -2.29. The second-order valence-corrected chi connectivity index (χ2v) is 14.9. The molecule has 0 unspecified atom stereocenters. The summed E-state index contributed by atoms with van der Waals surface area (Å²) in [6, 6.07) is 4.97. The van der Waals surface area contributed by atoms with Gasteiger partial charge in [-0.2, -0.15) is 0 Å². The molecular weight excluding hydrogens is 440 g/mol. The number of benzene rings is 2. The van der Waals surface area contributed by atoms with E-state index in [1.807, 2.05) is 0 Å². The largest absolute Gasteiger partial charge is 0.455 e. The van der Waals surface area contributed by atoms with Crippen LogP contribution in [-0.2, 0) is 21.7 Å². The number of rotatable bonds is 0. The van der Waals surface area contributed by atoms with Crippen LogP contribution in [0.2, 0.25) is 0 Å². The lowest BCUT2D eigenvalue weighted by Gasteiger charge is -2.49. The fraction of sp³-hybridized carbons (Fsp3) is 0.606. The van der Waals surface area contributed by atoms with Crippen LogP contribution in [-0.4, -0.2) is 26.2 Å². The Morgan fingerprint density at radius 2 is 1.31 bits per heavy atom. The summed E-state index contributed by atoms with van der Waals surface area (Å²) in [4.78, 5) is 2.66. The molecule has 0 saturated carbocycles. The predicted molar refractivity (Wildman–Crippen MR) is 150 cm³/mol. The van der Waals surface area contributed by atoms with Crippen molar-refractivity contribution in [2.45, 2.75) is 103 Å². The van der Waals surface area contributed by atoms with Crippen molar-refractivity contribution in [3.8, 4) is 11.5 Å². The molecule has 2 aromatic carbocycles. The molecule has 0 radical (unpaired) electrons. The van der Waals surface area contributed by atoms with Crippen LogP contribution in [0.3, 0.4) is 0 Å². The average molecular weight is 484 g/mol.